The second-order valence-corrected chi connectivity index (χ2v) is 5.26. The molecule has 0 aliphatic carbocycles. The molecular formula is C15H16N4O3. The van der Waals surface area contributed by atoms with Gasteiger partial charge in [-0.3, -0.25) is 13.9 Å². The topological polar surface area (TPSA) is 88.6 Å². The van der Waals surface area contributed by atoms with Crippen LogP contribution in [0.4, 0.5) is 0 Å². The smallest absolute Gasteiger partial charge is 0.333 e. The fraction of sp³-hybridized carbons (Fsp3) is 0.267. The predicted molar refractivity (Wildman–Crippen MR) is 82.1 cm³/mol. The predicted octanol–water partition coefficient (Wildman–Crippen LogP) is 0.228. The van der Waals surface area contributed by atoms with Crippen LogP contribution in [0.5, 0.6) is 5.88 Å². The van der Waals surface area contributed by atoms with Gasteiger partial charge in [-0.1, -0.05) is 30.3 Å². The van der Waals surface area contributed by atoms with Crippen molar-refractivity contribution in [2.45, 2.75) is 12.5 Å². The maximum Gasteiger partial charge on any atom is 0.333 e. The minimum Gasteiger partial charge on any atom is -0.494 e. The maximum atomic E-state index is 12.3. The highest BCUT2D eigenvalue weighted by atomic mass is 16.3. The highest BCUT2D eigenvalue weighted by molar-refractivity contribution is 6.03. The third-order valence-corrected chi connectivity index (χ3v) is 3.88. The molecule has 1 aliphatic rings. The quantitative estimate of drug-likeness (QED) is 0.831. The third kappa shape index (κ3) is 2.11. The lowest BCUT2D eigenvalue weighted by molar-refractivity contribution is 0.410. The average Bonchev–Trinajstić information content (AvgIpc) is 3.02. The van der Waals surface area contributed by atoms with Gasteiger partial charge in [0.25, 0.3) is 5.56 Å². The van der Waals surface area contributed by atoms with Crippen molar-refractivity contribution >= 4 is 5.71 Å². The van der Waals surface area contributed by atoms with E-state index in [1.165, 1.54) is 14.1 Å². The van der Waals surface area contributed by atoms with Crippen LogP contribution in [0.15, 0.2) is 45.0 Å². The first-order valence-electron chi connectivity index (χ1n) is 6.87. The number of nitrogens with zero attached hydrogens (tertiary/aromatic N) is 3. The van der Waals surface area contributed by atoms with Crippen LogP contribution in [0, 0.1) is 0 Å². The van der Waals surface area contributed by atoms with E-state index in [9.17, 15) is 14.7 Å². The third-order valence-electron chi connectivity index (χ3n) is 3.88. The molecule has 7 nitrogen and oxygen atoms in total. The van der Waals surface area contributed by atoms with Gasteiger partial charge in [0.1, 0.15) is 5.56 Å². The zero-order chi connectivity index (χ0) is 15.9. The van der Waals surface area contributed by atoms with Gasteiger partial charge in [0.2, 0.25) is 5.88 Å². The molecule has 0 radical (unpaired) electrons. The van der Waals surface area contributed by atoms with E-state index in [0.717, 1.165) is 14.7 Å². The van der Waals surface area contributed by atoms with Gasteiger partial charge < -0.3 is 10.5 Å². The molecule has 22 heavy (non-hydrogen) atoms. The maximum absolute atomic E-state index is 12.3. The highest BCUT2D eigenvalue weighted by Crippen LogP contribution is 2.25. The summed E-state index contributed by atoms with van der Waals surface area (Å²) < 4.78 is 2.00. The molecule has 0 bridgehead atoms. The fourth-order valence-corrected chi connectivity index (χ4v) is 2.56. The Kier molecular flexibility index (Phi) is 3.32. The molecule has 1 aliphatic heterocycles. The number of hydrogen-bond donors (Lipinski definition) is 2. The Morgan fingerprint density at radius 1 is 1.18 bits per heavy atom. The largest absolute Gasteiger partial charge is 0.494 e. The van der Waals surface area contributed by atoms with E-state index in [1.807, 2.05) is 30.3 Å². The molecular weight excluding hydrogens is 284 g/mol. The average molecular weight is 300 g/mol. The number of hydrogen-bond acceptors (Lipinski definition) is 5. The second kappa shape index (κ2) is 5.18. The van der Waals surface area contributed by atoms with Gasteiger partial charge in [0.05, 0.1) is 11.8 Å². The fourth-order valence-electron chi connectivity index (χ4n) is 2.56. The molecule has 0 amide bonds. The molecule has 0 saturated heterocycles. The first-order valence-corrected chi connectivity index (χ1v) is 6.87. The van der Waals surface area contributed by atoms with Gasteiger partial charge in [-0.2, -0.15) is 5.10 Å². The van der Waals surface area contributed by atoms with Crippen LogP contribution >= 0.6 is 0 Å². The number of rotatable bonds is 2. The van der Waals surface area contributed by atoms with Crippen LogP contribution in [0.1, 0.15) is 23.6 Å². The summed E-state index contributed by atoms with van der Waals surface area (Å²) >= 11 is 0. The van der Waals surface area contributed by atoms with Crippen LogP contribution in [0.3, 0.4) is 0 Å². The lowest BCUT2D eigenvalue weighted by Gasteiger charge is -2.11. The summed E-state index contributed by atoms with van der Waals surface area (Å²) in [5.41, 5.74) is 3.41. The van der Waals surface area contributed by atoms with Gasteiger partial charge in [-0.05, 0) is 5.56 Å². The standard InChI is InChI=1S/C15H16N4O3/c1-18-13(20)12(14(21)19(2)15(18)22)11-8-10(16-17-11)9-6-4-3-5-7-9/h3-7,10,16,20H,8H2,1-2H3/t10-/m1/s1. The van der Waals surface area contributed by atoms with Gasteiger partial charge >= 0.3 is 5.69 Å². The Bertz CT molecular complexity index is 865. The summed E-state index contributed by atoms with van der Waals surface area (Å²) in [7, 11) is 2.80. The first kappa shape index (κ1) is 14.1. The summed E-state index contributed by atoms with van der Waals surface area (Å²) in [6, 6.07) is 9.66. The minimum absolute atomic E-state index is 0.0578. The lowest BCUT2D eigenvalue weighted by Crippen LogP contribution is -2.39. The molecule has 2 N–H and O–H groups in total. The van der Waals surface area contributed by atoms with Crippen molar-refractivity contribution in [1.82, 2.24) is 14.6 Å². The summed E-state index contributed by atoms with van der Waals surface area (Å²) in [5.74, 6) is -0.359. The first-order chi connectivity index (χ1) is 10.5. The van der Waals surface area contributed by atoms with Crippen molar-refractivity contribution in [3.05, 3.63) is 62.3 Å². The van der Waals surface area contributed by atoms with E-state index in [4.69, 9.17) is 0 Å². The van der Waals surface area contributed by atoms with Gasteiger partial charge in [0, 0.05) is 20.5 Å². The monoisotopic (exact) mass is 300 g/mol. The number of aromatic nitrogens is 2. The van der Waals surface area contributed by atoms with Crippen LogP contribution in [0.25, 0.3) is 0 Å². The molecule has 1 aromatic heterocycles. The molecule has 0 saturated carbocycles. The lowest BCUT2D eigenvalue weighted by atomic mass is 10.0. The summed E-state index contributed by atoms with van der Waals surface area (Å²) in [6.45, 7) is 0. The van der Waals surface area contributed by atoms with Gasteiger partial charge in [-0.25, -0.2) is 4.79 Å². The van der Waals surface area contributed by atoms with E-state index in [0.29, 0.717) is 12.1 Å². The Morgan fingerprint density at radius 2 is 1.86 bits per heavy atom. The number of aromatic hydroxyl groups is 1. The molecule has 0 unspecified atom stereocenters. The van der Waals surface area contributed by atoms with Gasteiger partial charge in [-0.15, -0.1) is 0 Å². The molecule has 0 spiro atoms. The number of nitrogens with one attached hydrogen (secondary N) is 1. The molecule has 1 aromatic carbocycles. The van der Waals surface area contributed by atoms with Gasteiger partial charge in [0.15, 0.2) is 0 Å². The zero-order valence-electron chi connectivity index (χ0n) is 12.3. The molecule has 0 fully saturated rings. The van der Waals surface area contributed by atoms with Crippen molar-refractivity contribution in [2.24, 2.45) is 19.2 Å². The summed E-state index contributed by atoms with van der Waals surface area (Å²) in [4.78, 5) is 24.0. The van der Waals surface area contributed by atoms with E-state index >= 15 is 0 Å². The highest BCUT2D eigenvalue weighted by Gasteiger charge is 2.27. The Morgan fingerprint density at radius 3 is 2.55 bits per heavy atom. The summed E-state index contributed by atoms with van der Waals surface area (Å²) in [6.07, 6.45) is 0.463. The van der Waals surface area contributed by atoms with Crippen molar-refractivity contribution in [3.63, 3.8) is 0 Å². The van der Waals surface area contributed by atoms with Crippen LogP contribution < -0.4 is 16.7 Å². The molecule has 114 valence electrons. The Balaban J connectivity index is 2.01. The van der Waals surface area contributed by atoms with E-state index in [2.05, 4.69) is 10.5 Å². The summed E-state index contributed by atoms with van der Waals surface area (Å²) in [5, 5.41) is 14.3. The molecule has 2 heterocycles. The molecule has 1 atom stereocenters. The SMILES string of the molecule is Cn1c(O)c(C2=NN[C@@H](c3ccccc3)C2)c(=O)n(C)c1=O. The number of hydrazone groups is 1. The van der Waals surface area contributed by atoms with E-state index in [-0.39, 0.29) is 17.5 Å². The van der Waals surface area contributed by atoms with Crippen molar-refractivity contribution in [2.75, 3.05) is 0 Å². The Labute approximate surface area is 126 Å². The van der Waals surface area contributed by atoms with E-state index < -0.39 is 11.2 Å². The molecule has 7 heteroatoms. The second-order valence-electron chi connectivity index (χ2n) is 5.26. The van der Waals surface area contributed by atoms with Crippen molar-refractivity contribution in [3.8, 4) is 5.88 Å². The zero-order valence-corrected chi connectivity index (χ0v) is 12.3. The van der Waals surface area contributed by atoms with Crippen LogP contribution in [0.2, 0.25) is 0 Å². The number of benzene rings is 1. The Hall–Kier alpha value is -2.83. The van der Waals surface area contributed by atoms with Crippen molar-refractivity contribution in [1.29, 1.82) is 0 Å². The van der Waals surface area contributed by atoms with E-state index in [1.54, 1.807) is 0 Å². The van der Waals surface area contributed by atoms with Crippen LogP contribution in [-0.2, 0) is 14.1 Å². The molecule has 2 aromatic rings. The normalized spacial score (nSPS) is 17.2. The minimum atomic E-state index is -0.572. The molecule has 3 rings (SSSR count). The van der Waals surface area contributed by atoms with Crippen LogP contribution in [-0.4, -0.2) is 20.0 Å². The van der Waals surface area contributed by atoms with Crippen molar-refractivity contribution < 1.29 is 5.11 Å².